The molecule has 1 amide bonds. The molecular formula is C14H13BrClN3O. The van der Waals surface area contributed by atoms with Crippen LogP contribution in [-0.2, 0) is 0 Å². The molecule has 1 heterocycles. The molecule has 2 N–H and O–H groups in total. The van der Waals surface area contributed by atoms with Crippen molar-refractivity contribution in [2.45, 2.75) is 6.92 Å². The molecule has 6 heteroatoms. The van der Waals surface area contributed by atoms with Crippen molar-refractivity contribution in [1.29, 1.82) is 0 Å². The average molecular weight is 355 g/mol. The zero-order valence-corrected chi connectivity index (χ0v) is 13.3. The maximum atomic E-state index is 12.2. The number of rotatable bonds is 3. The summed E-state index contributed by atoms with van der Waals surface area (Å²) in [5.74, 6) is 0.284. The Hall–Kier alpha value is -1.59. The van der Waals surface area contributed by atoms with Crippen molar-refractivity contribution < 1.29 is 4.79 Å². The van der Waals surface area contributed by atoms with Gasteiger partial charge in [0.1, 0.15) is 5.82 Å². The van der Waals surface area contributed by atoms with Gasteiger partial charge in [-0.2, -0.15) is 0 Å². The van der Waals surface area contributed by atoms with E-state index in [9.17, 15) is 4.79 Å². The van der Waals surface area contributed by atoms with Gasteiger partial charge in [0, 0.05) is 17.7 Å². The first-order valence-electron chi connectivity index (χ1n) is 5.92. The Kier molecular flexibility index (Phi) is 4.62. The Balaban J connectivity index is 2.21. The summed E-state index contributed by atoms with van der Waals surface area (Å²) in [7, 11) is 1.72. The number of aryl methyl sites for hydroxylation is 1. The Bertz CT molecular complexity index is 661. The summed E-state index contributed by atoms with van der Waals surface area (Å²) >= 11 is 9.43. The molecular weight excluding hydrogens is 342 g/mol. The highest BCUT2D eigenvalue weighted by Crippen LogP contribution is 2.25. The van der Waals surface area contributed by atoms with Gasteiger partial charge in [0.05, 0.1) is 16.3 Å². The van der Waals surface area contributed by atoms with Crippen LogP contribution in [0, 0.1) is 6.92 Å². The minimum atomic E-state index is -0.258. The van der Waals surface area contributed by atoms with Gasteiger partial charge >= 0.3 is 0 Å². The van der Waals surface area contributed by atoms with E-state index < -0.39 is 0 Å². The molecule has 0 saturated heterocycles. The minimum Gasteiger partial charge on any atom is -0.372 e. The molecule has 0 bridgehead atoms. The Morgan fingerprint density at radius 2 is 2.10 bits per heavy atom. The monoisotopic (exact) mass is 353 g/mol. The SMILES string of the molecule is CNc1ncc(C(=O)Nc2ccc(C)cc2Br)cc1Cl. The van der Waals surface area contributed by atoms with E-state index in [0.29, 0.717) is 22.1 Å². The van der Waals surface area contributed by atoms with E-state index in [4.69, 9.17) is 11.6 Å². The lowest BCUT2D eigenvalue weighted by Crippen LogP contribution is -2.13. The topological polar surface area (TPSA) is 54.0 Å². The van der Waals surface area contributed by atoms with Crippen LogP contribution in [0.15, 0.2) is 34.9 Å². The molecule has 0 spiro atoms. The quantitative estimate of drug-likeness (QED) is 0.872. The van der Waals surface area contributed by atoms with Crippen LogP contribution < -0.4 is 10.6 Å². The number of carbonyl (C=O) groups excluding carboxylic acids is 1. The minimum absolute atomic E-state index is 0.258. The molecule has 0 fully saturated rings. The summed E-state index contributed by atoms with van der Waals surface area (Å²) in [6.45, 7) is 1.98. The zero-order valence-electron chi connectivity index (χ0n) is 11.0. The van der Waals surface area contributed by atoms with Crippen LogP contribution in [0.4, 0.5) is 11.5 Å². The second-order valence-corrected chi connectivity index (χ2v) is 5.50. The molecule has 4 nitrogen and oxygen atoms in total. The number of nitrogens with zero attached hydrogens (tertiary/aromatic N) is 1. The van der Waals surface area contributed by atoms with Crippen LogP contribution in [0.5, 0.6) is 0 Å². The van der Waals surface area contributed by atoms with Gasteiger partial charge in [0.15, 0.2) is 0 Å². The predicted molar refractivity (Wildman–Crippen MR) is 85.6 cm³/mol. The van der Waals surface area contributed by atoms with E-state index in [1.807, 2.05) is 25.1 Å². The number of anilines is 2. The second-order valence-electron chi connectivity index (χ2n) is 4.24. The zero-order chi connectivity index (χ0) is 14.7. The number of aromatic nitrogens is 1. The van der Waals surface area contributed by atoms with E-state index >= 15 is 0 Å². The lowest BCUT2D eigenvalue weighted by Gasteiger charge is -2.09. The lowest BCUT2D eigenvalue weighted by molar-refractivity contribution is 0.102. The number of hydrogen-bond acceptors (Lipinski definition) is 3. The van der Waals surface area contributed by atoms with E-state index in [1.54, 1.807) is 13.1 Å². The first-order valence-corrected chi connectivity index (χ1v) is 7.09. The molecule has 1 aromatic carbocycles. The summed E-state index contributed by atoms with van der Waals surface area (Å²) < 4.78 is 0.830. The molecule has 0 aliphatic heterocycles. The van der Waals surface area contributed by atoms with E-state index in [0.717, 1.165) is 10.0 Å². The molecule has 0 atom stereocenters. The number of amides is 1. The van der Waals surface area contributed by atoms with Crippen LogP contribution in [0.2, 0.25) is 5.02 Å². The third-order valence-corrected chi connectivity index (χ3v) is 3.66. The first-order chi connectivity index (χ1) is 9.51. The number of carbonyl (C=O) groups is 1. The van der Waals surface area contributed by atoms with E-state index in [-0.39, 0.29) is 5.91 Å². The predicted octanol–water partition coefficient (Wildman–Crippen LogP) is 4.10. The highest BCUT2D eigenvalue weighted by Gasteiger charge is 2.11. The molecule has 0 radical (unpaired) electrons. The molecule has 2 aromatic rings. The third-order valence-electron chi connectivity index (χ3n) is 2.71. The number of hydrogen-bond donors (Lipinski definition) is 2. The Morgan fingerprint density at radius 3 is 2.70 bits per heavy atom. The van der Waals surface area contributed by atoms with Gasteiger partial charge in [-0.15, -0.1) is 0 Å². The number of halogens is 2. The van der Waals surface area contributed by atoms with Crippen LogP contribution in [0.25, 0.3) is 0 Å². The van der Waals surface area contributed by atoms with Crippen molar-refractivity contribution in [2.24, 2.45) is 0 Å². The van der Waals surface area contributed by atoms with Crippen LogP contribution in [0.1, 0.15) is 15.9 Å². The third kappa shape index (κ3) is 3.29. The summed E-state index contributed by atoms with van der Waals surface area (Å²) in [5.41, 5.74) is 2.22. The Labute approximate surface area is 130 Å². The van der Waals surface area contributed by atoms with Crippen molar-refractivity contribution in [2.75, 3.05) is 17.7 Å². The van der Waals surface area contributed by atoms with Gasteiger partial charge in [0.25, 0.3) is 5.91 Å². The highest BCUT2D eigenvalue weighted by atomic mass is 79.9. The van der Waals surface area contributed by atoms with E-state index in [1.165, 1.54) is 6.20 Å². The van der Waals surface area contributed by atoms with Crippen molar-refractivity contribution >= 4 is 44.9 Å². The van der Waals surface area contributed by atoms with Crippen molar-refractivity contribution in [3.05, 3.63) is 51.1 Å². The maximum Gasteiger partial charge on any atom is 0.257 e. The number of pyridine rings is 1. The van der Waals surface area contributed by atoms with Crippen molar-refractivity contribution in [3.8, 4) is 0 Å². The normalized spacial score (nSPS) is 10.2. The summed E-state index contributed by atoms with van der Waals surface area (Å²) in [4.78, 5) is 16.2. The largest absolute Gasteiger partial charge is 0.372 e. The summed E-state index contributed by atoms with van der Waals surface area (Å²) in [5, 5.41) is 6.06. The van der Waals surface area contributed by atoms with Gasteiger partial charge in [-0.3, -0.25) is 4.79 Å². The lowest BCUT2D eigenvalue weighted by atomic mass is 10.2. The summed E-state index contributed by atoms with van der Waals surface area (Å²) in [6, 6.07) is 7.28. The fourth-order valence-corrected chi connectivity index (χ4v) is 2.52. The fraction of sp³-hybridized carbons (Fsp3) is 0.143. The molecule has 0 aliphatic carbocycles. The molecule has 0 unspecified atom stereocenters. The number of benzene rings is 1. The fourth-order valence-electron chi connectivity index (χ4n) is 1.66. The van der Waals surface area contributed by atoms with Crippen LogP contribution >= 0.6 is 27.5 Å². The van der Waals surface area contributed by atoms with Crippen LogP contribution in [0.3, 0.4) is 0 Å². The molecule has 104 valence electrons. The second kappa shape index (κ2) is 6.24. The van der Waals surface area contributed by atoms with Crippen molar-refractivity contribution in [3.63, 3.8) is 0 Å². The van der Waals surface area contributed by atoms with Gasteiger partial charge in [0.2, 0.25) is 0 Å². The summed E-state index contributed by atoms with van der Waals surface area (Å²) in [6.07, 6.45) is 1.48. The molecule has 0 saturated carbocycles. The van der Waals surface area contributed by atoms with Gasteiger partial charge in [-0.1, -0.05) is 17.7 Å². The highest BCUT2D eigenvalue weighted by molar-refractivity contribution is 9.10. The first kappa shape index (κ1) is 14.8. The molecule has 0 aliphatic rings. The van der Waals surface area contributed by atoms with Crippen molar-refractivity contribution in [1.82, 2.24) is 4.98 Å². The average Bonchev–Trinajstić information content (AvgIpc) is 2.41. The van der Waals surface area contributed by atoms with Gasteiger partial charge < -0.3 is 10.6 Å². The number of nitrogens with one attached hydrogen (secondary N) is 2. The van der Waals surface area contributed by atoms with Gasteiger partial charge in [-0.25, -0.2) is 4.98 Å². The van der Waals surface area contributed by atoms with Crippen LogP contribution in [-0.4, -0.2) is 17.9 Å². The van der Waals surface area contributed by atoms with E-state index in [2.05, 4.69) is 31.5 Å². The smallest absolute Gasteiger partial charge is 0.257 e. The Morgan fingerprint density at radius 1 is 1.35 bits per heavy atom. The maximum absolute atomic E-state index is 12.2. The molecule has 2 rings (SSSR count). The standard InChI is InChI=1S/C14H13BrClN3O/c1-8-3-4-12(10(15)5-8)19-14(20)9-6-11(16)13(17-2)18-7-9/h3-7H,1-2H3,(H,17,18)(H,19,20). The van der Waals surface area contributed by atoms with Gasteiger partial charge in [-0.05, 0) is 46.6 Å². The molecule has 20 heavy (non-hydrogen) atoms. The molecule has 1 aromatic heterocycles.